The van der Waals surface area contributed by atoms with E-state index in [1.807, 2.05) is 32.9 Å². The van der Waals surface area contributed by atoms with Crippen LogP contribution in [0.25, 0.3) is 0 Å². The lowest BCUT2D eigenvalue weighted by Gasteiger charge is -2.19. The number of amides is 2. The Kier molecular flexibility index (Phi) is 5.85. The van der Waals surface area contributed by atoms with Crippen molar-refractivity contribution in [3.8, 4) is 0 Å². The van der Waals surface area contributed by atoms with Crippen molar-refractivity contribution in [3.05, 3.63) is 53.5 Å². The lowest BCUT2D eigenvalue weighted by atomic mass is 10.1. The van der Waals surface area contributed by atoms with Crippen LogP contribution in [0.5, 0.6) is 0 Å². The number of furan rings is 1. The Hall–Kier alpha value is -2.76. The van der Waals surface area contributed by atoms with Crippen LogP contribution in [0.3, 0.4) is 0 Å². The van der Waals surface area contributed by atoms with Crippen molar-refractivity contribution in [2.24, 2.45) is 0 Å². The highest BCUT2D eigenvalue weighted by atomic mass is 16.6. The molecule has 134 valence electrons. The third kappa shape index (κ3) is 5.99. The maximum atomic E-state index is 12.0. The van der Waals surface area contributed by atoms with Crippen LogP contribution in [0.1, 0.15) is 42.5 Å². The monoisotopic (exact) mass is 344 g/mol. The molecule has 0 saturated heterocycles. The molecule has 2 amide bonds. The van der Waals surface area contributed by atoms with E-state index >= 15 is 0 Å². The van der Waals surface area contributed by atoms with Gasteiger partial charge in [-0.25, -0.2) is 4.79 Å². The standard InChI is InChI=1S/C19H24N2O4/c1-13-16(10-12-24-13)17(22)20-11-9-14-5-7-15(8-6-14)21-18(23)25-19(2,3)4/h5-8,10,12H,9,11H2,1-4H3,(H,20,22)(H,21,23). The van der Waals surface area contributed by atoms with Crippen LogP contribution in [0.2, 0.25) is 0 Å². The lowest BCUT2D eigenvalue weighted by Crippen LogP contribution is -2.27. The van der Waals surface area contributed by atoms with Crippen LogP contribution >= 0.6 is 0 Å². The van der Waals surface area contributed by atoms with Gasteiger partial charge in [0.2, 0.25) is 0 Å². The van der Waals surface area contributed by atoms with E-state index < -0.39 is 11.7 Å². The van der Waals surface area contributed by atoms with Crippen LogP contribution in [0, 0.1) is 6.92 Å². The maximum Gasteiger partial charge on any atom is 0.412 e. The molecule has 2 N–H and O–H groups in total. The second-order valence-electron chi connectivity index (χ2n) is 6.72. The average molecular weight is 344 g/mol. The van der Waals surface area contributed by atoms with Crippen molar-refractivity contribution < 1.29 is 18.7 Å². The van der Waals surface area contributed by atoms with Gasteiger partial charge in [0.1, 0.15) is 11.4 Å². The molecule has 6 nitrogen and oxygen atoms in total. The van der Waals surface area contributed by atoms with Gasteiger partial charge in [0.25, 0.3) is 5.91 Å². The fourth-order valence-corrected chi connectivity index (χ4v) is 2.21. The van der Waals surface area contributed by atoms with Crippen molar-refractivity contribution in [1.29, 1.82) is 0 Å². The summed E-state index contributed by atoms with van der Waals surface area (Å²) in [6.45, 7) is 7.71. The summed E-state index contributed by atoms with van der Waals surface area (Å²) in [4.78, 5) is 23.7. The van der Waals surface area contributed by atoms with Gasteiger partial charge in [0, 0.05) is 12.2 Å². The maximum absolute atomic E-state index is 12.0. The summed E-state index contributed by atoms with van der Waals surface area (Å²) >= 11 is 0. The summed E-state index contributed by atoms with van der Waals surface area (Å²) in [5, 5.41) is 5.54. The predicted octanol–water partition coefficient (Wildman–Crippen LogP) is 3.91. The largest absolute Gasteiger partial charge is 0.469 e. The van der Waals surface area contributed by atoms with Crippen molar-refractivity contribution >= 4 is 17.7 Å². The van der Waals surface area contributed by atoms with E-state index in [-0.39, 0.29) is 5.91 Å². The fraction of sp³-hybridized carbons (Fsp3) is 0.368. The molecule has 0 aliphatic heterocycles. The molecule has 2 aromatic rings. The summed E-state index contributed by atoms with van der Waals surface area (Å²) in [5.41, 5.74) is 1.74. The zero-order chi connectivity index (χ0) is 18.4. The topological polar surface area (TPSA) is 80.6 Å². The van der Waals surface area contributed by atoms with Crippen LogP contribution in [0.15, 0.2) is 41.0 Å². The van der Waals surface area contributed by atoms with Crippen LogP contribution in [-0.4, -0.2) is 24.1 Å². The first kappa shape index (κ1) is 18.6. The van der Waals surface area contributed by atoms with Gasteiger partial charge in [-0.15, -0.1) is 0 Å². The smallest absolute Gasteiger partial charge is 0.412 e. The Bertz CT molecular complexity index is 727. The highest BCUT2D eigenvalue weighted by Crippen LogP contribution is 2.13. The van der Waals surface area contributed by atoms with Crippen LogP contribution in [-0.2, 0) is 11.2 Å². The highest BCUT2D eigenvalue weighted by Gasteiger charge is 2.16. The number of benzene rings is 1. The van der Waals surface area contributed by atoms with Crippen LogP contribution in [0.4, 0.5) is 10.5 Å². The van der Waals surface area contributed by atoms with E-state index in [4.69, 9.17) is 9.15 Å². The Morgan fingerprint density at radius 1 is 1.12 bits per heavy atom. The molecule has 2 rings (SSSR count). The molecule has 6 heteroatoms. The second kappa shape index (κ2) is 7.88. The molecular weight excluding hydrogens is 320 g/mol. The number of nitrogens with one attached hydrogen (secondary N) is 2. The number of aryl methyl sites for hydroxylation is 1. The summed E-state index contributed by atoms with van der Waals surface area (Å²) in [6.07, 6.45) is 1.71. The molecular formula is C19H24N2O4. The van der Waals surface area contributed by atoms with Gasteiger partial charge in [-0.1, -0.05) is 12.1 Å². The van der Waals surface area contributed by atoms with Gasteiger partial charge in [0.15, 0.2) is 0 Å². The molecule has 0 atom stereocenters. The quantitative estimate of drug-likeness (QED) is 0.862. The summed E-state index contributed by atoms with van der Waals surface area (Å²) in [7, 11) is 0. The molecule has 1 aromatic heterocycles. The van der Waals surface area contributed by atoms with Crippen molar-refractivity contribution in [2.45, 2.75) is 39.7 Å². The normalized spacial score (nSPS) is 11.0. The minimum absolute atomic E-state index is 0.144. The van der Waals surface area contributed by atoms with E-state index in [1.165, 1.54) is 6.26 Å². The SMILES string of the molecule is Cc1occc1C(=O)NCCc1ccc(NC(=O)OC(C)(C)C)cc1. The van der Waals surface area contributed by atoms with E-state index in [0.717, 1.165) is 5.56 Å². The number of carbonyl (C=O) groups is 2. The van der Waals surface area contributed by atoms with E-state index in [1.54, 1.807) is 25.1 Å². The molecule has 1 aromatic carbocycles. The zero-order valence-electron chi connectivity index (χ0n) is 15.0. The van der Waals surface area contributed by atoms with Crippen molar-refractivity contribution in [2.75, 3.05) is 11.9 Å². The summed E-state index contributed by atoms with van der Waals surface area (Å²) in [6, 6.07) is 9.08. The highest BCUT2D eigenvalue weighted by molar-refractivity contribution is 5.95. The Balaban J connectivity index is 1.79. The second-order valence-corrected chi connectivity index (χ2v) is 6.72. The Morgan fingerprint density at radius 3 is 2.36 bits per heavy atom. The van der Waals surface area contributed by atoms with Crippen LogP contribution < -0.4 is 10.6 Å². The van der Waals surface area contributed by atoms with Crippen molar-refractivity contribution in [1.82, 2.24) is 5.32 Å². The molecule has 1 heterocycles. The number of carbonyl (C=O) groups excluding carboxylic acids is 2. The lowest BCUT2D eigenvalue weighted by molar-refractivity contribution is 0.0635. The Morgan fingerprint density at radius 2 is 1.80 bits per heavy atom. The van der Waals surface area contributed by atoms with E-state index in [0.29, 0.717) is 30.0 Å². The first-order chi connectivity index (χ1) is 11.7. The van der Waals surface area contributed by atoms with Gasteiger partial charge in [-0.05, 0) is 57.9 Å². The van der Waals surface area contributed by atoms with Gasteiger partial charge >= 0.3 is 6.09 Å². The fourth-order valence-electron chi connectivity index (χ4n) is 2.21. The summed E-state index contributed by atoms with van der Waals surface area (Å²) < 4.78 is 10.3. The Labute approximate surface area is 147 Å². The molecule has 0 saturated carbocycles. The molecule has 0 unspecified atom stereocenters. The third-order valence-electron chi connectivity index (χ3n) is 3.40. The van der Waals surface area contributed by atoms with Gasteiger partial charge in [0.05, 0.1) is 11.8 Å². The minimum Gasteiger partial charge on any atom is -0.469 e. The molecule has 0 fully saturated rings. The molecule has 0 aliphatic rings. The van der Waals surface area contributed by atoms with E-state index in [2.05, 4.69) is 10.6 Å². The molecule has 25 heavy (non-hydrogen) atoms. The van der Waals surface area contributed by atoms with E-state index in [9.17, 15) is 9.59 Å². The van der Waals surface area contributed by atoms with Gasteiger partial charge in [-0.3, -0.25) is 10.1 Å². The summed E-state index contributed by atoms with van der Waals surface area (Å²) in [5.74, 6) is 0.463. The third-order valence-corrected chi connectivity index (χ3v) is 3.40. The first-order valence-electron chi connectivity index (χ1n) is 8.16. The first-order valence-corrected chi connectivity index (χ1v) is 8.16. The van der Waals surface area contributed by atoms with Crippen molar-refractivity contribution in [3.63, 3.8) is 0 Å². The molecule has 0 aliphatic carbocycles. The number of hydrogen-bond donors (Lipinski definition) is 2. The minimum atomic E-state index is -0.532. The zero-order valence-corrected chi connectivity index (χ0v) is 15.0. The predicted molar refractivity (Wildman–Crippen MR) is 95.8 cm³/mol. The number of ether oxygens (including phenoxy) is 1. The van der Waals surface area contributed by atoms with Gasteiger partial charge < -0.3 is 14.5 Å². The number of rotatable bonds is 5. The van der Waals surface area contributed by atoms with Gasteiger partial charge in [-0.2, -0.15) is 0 Å². The number of hydrogen-bond acceptors (Lipinski definition) is 4. The number of anilines is 1. The average Bonchev–Trinajstić information content (AvgIpc) is 2.93. The molecule has 0 spiro atoms. The molecule has 0 radical (unpaired) electrons. The molecule has 0 bridgehead atoms.